The van der Waals surface area contributed by atoms with Gasteiger partial charge in [0, 0.05) is 26.7 Å². The normalized spacial score (nSPS) is 18.4. The highest BCUT2D eigenvalue weighted by atomic mass is 127. The third-order valence-corrected chi connectivity index (χ3v) is 5.31. The molecule has 1 aliphatic heterocycles. The molecular formula is C20H42IN5O2. The molecule has 3 N–H and O–H groups in total. The van der Waals surface area contributed by atoms with Crippen LogP contribution in [0.3, 0.4) is 0 Å². The number of likely N-dealkylation sites (tertiary alicyclic amines) is 1. The second-order valence-electron chi connectivity index (χ2n) is 8.47. The summed E-state index contributed by atoms with van der Waals surface area (Å²) < 4.78 is 5.44. The standard InChI is InChI=1S/C20H41N5O2.HI/c1-8-20(9-2,24-18(26)27-19(4,5)6)15-23-17(21-7)22-13-16-11-12-25(10-3)14-16;/h16H,8-15H2,1-7H3,(H,24,26)(H2,21,22,23);1H. The predicted molar refractivity (Wildman–Crippen MR) is 128 cm³/mol. The molecule has 166 valence electrons. The Morgan fingerprint density at radius 3 is 2.29 bits per heavy atom. The van der Waals surface area contributed by atoms with Crippen molar-refractivity contribution in [1.29, 1.82) is 0 Å². The number of alkyl carbamates (subject to hydrolysis) is 1. The maximum atomic E-state index is 12.3. The Labute approximate surface area is 188 Å². The van der Waals surface area contributed by atoms with Gasteiger partial charge in [0.15, 0.2) is 5.96 Å². The Bertz CT molecular complexity index is 489. The van der Waals surface area contributed by atoms with E-state index in [1.54, 1.807) is 7.05 Å². The first-order chi connectivity index (χ1) is 12.7. The van der Waals surface area contributed by atoms with E-state index in [0.29, 0.717) is 12.5 Å². The van der Waals surface area contributed by atoms with Crippen molar-refractivity contribution in [3.8, 4) is 0 Å². The summed E-state index contributed by atoms with van der Waals surface area (Å²) in [7, 11) is 1.78. The summed E-state index contributed by atoms with van der Waals surface area (Å²) in [6.45, 7) is 17.0. The van der Waals surface area contributed by atoms with Crippen LogP contribution >= 0.6 is 24.0 Å². The third kappa shape index (κ3) is 9.62. The number of guanidine groups is 1. The average Bonchev–Trinajstić information content (AvgIpc) is 3.07. The molecule has 0 radical (unpaired) electrons. The zero-order chi connectivity index (χ0) is 20.5. The summed E-state index contributed by atoms with van der Waals surface area (Å²) in [4.78, 5) is 19.1. The number of carbonyl (C=O) groups excluding carboxylic acids is 1. The van der Waals surface area contributed by atoms with E-state index in [9.17, 15) is 4.79 Å². The first-order valence-electron chi connectivity index (χ1n) is 10.3. The van der Waals surface area contributed by atoms with Crippen LogP contribution in [0, 0.1) is 5.92 Å². The number of halogens is 1. The average molecular weight is 511 g/mol. The zero-order valence-corrected chi connectivity index (χ0v) is 21.2. The van der Waals surface area contributed by atoms with Gasteiger partial charge in [-0.05, 0) is 59.0 Å². The van der Waals surface area contributed by atoms with E-state index in [-0.39, 0.29) is 35.6 Å². The molecule has 0 aromatic heterocycles. The monoisotopic (exact) mass is 511 g/mol. The quantitative estimate of drug-likeness (QED) is 0.265. The van der Waals surface area contributed by atoms with Crippen molar-refractivity contribution in [2.45, 2.75) is 71.9 Å². The highest BCUT2D eigenvalue weighted by molar-refractivity contribution is 14.0. The molecule has 1 saturated heterocycles. The Kier molecular flexibility index (Phi) is 12.4. The van der Waals surface area contributed by atoms with Crippen molar-refractivity contribution in [2.75, 3.05) is 39.8 Å². The second kappa shape index (κ2) is 12.7. The van der Waals surface area contributed by atoms with Gasteiger partial charge in [0.25, 0.3) is 0 Å². The van der Waals surface area contributed by atoms with E-state index in [1.807, 2.05) is 20.8 Å². The van der Waals surface area contributed by atoms with Crippen molar-refractivity contribution >= 4 is 36.0 Å². The van der Waals surface area contributed by atoms with Gasteiger partial charge < -0.3 is 25.6 Å². The van der Waals surface area contributed by atoms with Crippen LogP contribution in [0.4, 0.5) is 4.79 Å². The molecule has 7 nitrogen and oxygen atoms in total. The molecule has 1 fully saturated rings. The molecule has 1 heterocycles. The van der Waals surface area contributed by atoms with Gasteiger partial charge in [0.05, 0.1) is 5.54 Å². The third-order valence-electron chi connectivity index (χ3n) is 5.31. The van der Waals surface area contributed by atoms with Gasteiger partial charge in [-0.15, -0.1) is 24.0 Å². The van der Waals surface area contributed by atoms with Crippen molar-refractivity contribution in [3.05, 3.63) is 0 Å². The molecule has 0 spiro atoms. The molecule has 1 unspecified atom stereocenters. The molecule has 0 bridgehead atoms. The largest absolute Gasteiger partial charge is 0.444 e. The highest BCUT2D eigenvalue weighted by Crippen LogP contribution is 2.17. The van der Waals surface area contributed by atoms with Crippen LogP contribution in [0.25, 0.3) is 0 Å². The number of nitrogens with one attached hydrogen (secondary N) is 3. The molecule has 1 aliphatic rings. The lowest BCUT2D eigenvalue weighted by atomic mass is 9.93. The van der Waals surface area contributed by atoms with Crippen molar-refractivity contribution in [3.63, 3.8) is 0 Å². The molecule has 1 rings (SSSR count). The van der Waals surface area contributed by atoms with E-state index in [4.69, 9.17) is 4.74 Å². The van der Waals surface area contributed by atoms with Crippen molar-refractivity contribution in [2.24, 2.45) is 10.9 Å². The number of rotatable bonds is 8. The first kappa shape index (κ1) is 27.2. The predicted octanol–water partition coefficient (Wildman–Crippen LogP) is 3.19. The first-order valence-corrected chi connectivity index (χ1v) is 10.3. The van der Waals surface area contributed by atoms with E-state index in [2.05, 4.69) is 46.6 Å². The molecule has 28 heavy (non-hydrogen) atoms. The molecule has 0 aliphatic carbocycles. The fourth-order valence-corrected chi connectivity index (χ4v) is 3.32. The van der Waals surface area contributed by atoms with Crippen LogP contribution in [0.5, 0.6) is 0 Å². The number of hydrogen-bond acceptors (Lipinski definition) is 4. The van der Waals surface area contributed by atoms with Gasteiger partial charge in [0.2, 0.25) is 0 Å². The number of hydrogen-bond donors (Lipinski definition) is 3. The summed E-state index contributed by atoms with van der Waals surface area (Å²) >= 11 is 0. The summed E-state index contributed by atoms with van der Waals surface area (Å²) in [6.07, 6.45) is 2.47. The van der Waals surface area contributed by atoms with Crippen LogP contribution in [-0.2, 0) is 4.74 Å². The molecule has 1 atom stereocenters. The van der Waals surface area contributed by atoms with E-state index >= 15 is 0 Å². The van der Waals surface area contributed by atoms with Crippen molar-refractivity contribution < 1.29 is 9.53 Å². The van der Waals surface area contributed by atoms with Gasteiger partial charge in [0.1, 0.15) is 5.60 Å². The minimum atomic E-state index is -0.504. The Morgan fingerprint density at radius 1 is 1.18 bits per heavy atom. The van der Waals surface area contributed by atoms with Gasteiger partial charge >= 0.3 is 6.09 Å². The topological polar surface area (TPSA) is 78.0 Å². The summed E-state index contributed by atoms with van der Waals surface area (Å²) in [5.41, 5.74) is -0.873. The van der Waals surface area contributed by atoms with Crippen LogP contribution in [0.1, 0.15) is 60.8 Å². The molecule has 0 aromatic rings. The molecule has 1 amide bonds. The Morgan fingerprint density at radius 2 is 1.82 bits per heavy atom. The molecule has 0 aromatic carbocycles. The molecule has 8 heteroatoms. The van der Waals surface area contributed by atoms with E-state index < -0.39 is 5.60 Å². The number of nitrogens with zero attached hydrogens (tertiary/aromatic N) is 2. The lowest BCUT2D eigenvalue weighted by molar-refractivity contribution is 0.0448. The van der Waals surface area contributed by atoms with Gasteiger partial charge in [-0.3, -0.25) is 4.99 Å². The minimum Gasteiger partial charge on any atom is -0.444 e. The van der Waals surface area contributed by atoms with Crippen LogP contribution in [-0.4, -0.2) is 67.9 Å². The highest BCUT2D eigenvalue weighted by Gasteiger charge is 2.31. The summed E-state index contributed by atoms with van der Waals surface area (Å²) in [6, 6.07) is 0. The maximum Gasteiger partial charge on any atom is 0.408 e. The molecule has 0 saturated carbocycles. The number of amides is 1. The van der Waals surface area contributed by atoms with Gasteiger partial charge in [-0.25, -0.2) is 4.79 Å². The van der Waals surface area contributed by atoms with Crippen LogP contribution in [0.15, 0.2) is 4.99 Å². The number of carbonyl (C=O) groups is 1. The second-order valence-corrected chi connectivity index (χ2v) is 8.47. The summed E-state index contributed by atoms with van der Waals surface area (Å²) in [5.74, 6) is 1.44. The smallest absolute Gasteiger partial charge is 0.408 e. The van der Waals surface area contributed by atoms with Gasteiger partial charge in [-0.2, -0.15) is 0 Å². The Hall–Kier alpha value is -0.770. The number of aliphatic imine (C=N–C) groups is 1. The fourth-order valence-electron chi connectivity index (χ4n) is 3.32. The van der Waals surface area contributed by atoms with Crippen LogP contribution < -0.4 is 16.0 Å². The maximum absolute atomic E-state index is 12.3. The van der Waals surface area contributed by atoms with E-state index in [1.165, 1.54) is 13.0 Å². The van der Waals surface area contributed by atoms with Gasteiger partial charge in [-0.1, -0.05) is 20.8 Å². The number of ether oxygens (including phenoxy) is 1. The van der Waals surface area contributed by atoms with Crippen LogP contribution in [0.2, 0.25) is 0 Å². The molecular weight excluding hydrogens is 469 g/mol. The minimum absolute atomic E-state index is 0. The SMILES string of the molecule is CCN1CCC(CNC(=NC)NCC(CC)(CC)NC(=O)OC(C)(C)C)C1.I. The van der Waals surface area contributed by atoms with Crippen molar-refractivity contribution in [1.82, 2.24) is 20.9 Å². The van der Waals surface area contributed by atoms with E-state index in [0.717, 1.165) is 38.4 Å². The fraction of sp³-hybridized carbons (Fsp3) is 0.900. The summed E-state index contributed by atoms with van der Waals surface area (Å²) in [5, 5.41) is 9.88. The zero-order valence-electron chi connectivity index (χ0n) is 18.9. The lowest BCUT2D eigenvalue weighted by Crippen LogP contribution is -2.57. The Balaban J connectivity index is 0.00000729. The lowest BCUT2D eigenvalue weighted by Gasteiger charge is -2.34.